The number of rotatable bonds is 2. The van der Waals surface area contributed by atoms with E-state index in [1.807, 2.05) is 24.1 Å². The Kier molecular flexibility index (Phi) is 3.57. The van der Waals surface area contributed by atoms with Crippen molar-refractivity contribution in [1.82, 2.24) is 9.78 Å². The van der Waals surface area contributed by atoms with E-state index in [1.165, 1.54) is 24.8 Å². The third-order valence-corrected chi connectivity index (χ3v) is 6.18. The van der Waals surface area contributed by atoms with Crippen LogP contribution in [0.5, 0.6) is 0 Å². The fraction of sp³-hybridized carbons (Fsp3) is 0.500. The highest BCUT2D eigenvalue weighted by Crippen LogP contribution is 2.52. The van der Waals surface area contributed by atoms with Crippen molar-refractivity contribution in [1.29, 1.82) is 0 Å². The van der Waals surface area contributed by atoms with Gasteiger partial charge in [0, 0.05) is 37.4 Å². The van der Waals surface area contributed by atoms with Crippen LogP contribution in [-0.4, -0.2) is 29.0 Å². The predicted octanol–water partition coefficient (Wildman–Crippen LogP) is 3.75. The van der Waals surface area contributed by atoms with Crippen molar-refractivity contribution in [2.45, 2.75) is 43.6 Å². The molecule has 3 aliphatic rings. The fourth-order valence-electron chi connectivity index (χ4n) is 4.59. The number of hydrogen-bond donors (Lipinski definition) is 1. The summed E-state index contributed by atoms with van der Waals surface area (Å²) in [4.78, 5) is 14.9. The Bertz CT molecular complexity index is 849. The monoisotopic (exact) mass is 352 g/mol. The molecule has 1 spiro atoms. The zero-order chi connectivity index (χ0) is 17.7. The van der Waals surface area contributed by atoms with Crippen LogP contribution in [0.1, 0.15) is 49.5 Å². The molecule has 1 aromatic carbocycles. The lowest BCUT2D eigenvalue weighted by Crippen LogP contribution is -2.43. The van der Waals surface area contributed by atoms with Gasteiger partial charge in [0.25, 0.3) is 0 Å². The van der Waals surface area contributed by atoms with Crippen molar-refractivity contribution in [2.75, 3.05) is 23.4 Å². The summed E-state index contributed by atoms with van der Waals surface area (Å²) in [7, 11) is 1.86. The molecule has 2 aliphatic heterocycles. The number of urea groups is 1. The van der Waals surface area contributed by atoms with Gasteiger partial charge in [0.1, 0.15) is 11.9 Å². The second kappa shape index (κ2) is 5.84. The smallest absolute Gasteiger partial charge is 0.327 e. The molecule has 136 valence electrons. The molecule has 1 atom stereocenters. The molecule has 0 radical (unpaired) electrons. The normalized spacial score (nSPS) is 23.1. The summed E-state index contributed by atoms with van der Waals surface area (Å²) in [5.41, 5.74) is 3.44. The molecule has 1 aromatic heterocycles. The number of carbonyl (C=O) groups is 1. The second-order valence-electron chi connectivity index (χ2n) is 7.75. The van der Waals surface area contributed by atoms with Crippen LogP contribution in [0, 0.1) is 0 Å². The van der Waals surface area contributed by atoms with Crippen LogP contribution in [0.2, 0.25) is 0 Å². The Labute approximate surface area is 153 Å². The molecule has 1 aliphatic carbocycles. The number of benzene rings is 1. The van der Waals surface area contributed by atoms with Crippen LogP contribution < -0.4 is 10.2 Å². The van der Waals surface area contributed by atoms with Crippen molar-refractivity contribution >= 4 is 17.5 Å². The lowest BCUT2D eigenvalue weighted by atomic mass is 9.66. The van der Waals surface area contributed by atoms with E-state index in [2.05, 4.69) is 28.6 Å². The van der Waals surface area contributed by atoms with Crippen molar-refractivity contribution in [3.05, 3.63) is 41.6 Å². The van der Waals surface area contributed by atoms with E-state index in [4.69, 9.17) is 4.74 Å². The average Bonchev–Trinajstić information content (AvgIpc) is 3.32. The number of carbonyl (C=O) groups excluding carboxylic acids is 1. The molecule has 3 heterocycles. The summed E-state index contributed by atoms with van der Waals surface area (Å²) >= 11 is 0. The van der Waals surface area contributed by atoms with Crippen LogP contribution in [0.25, 0.3) is 0 Å². The molecule has 0 unspecified atom stereocenters. The van der Waals surface area contributed by atoms with E-state index in [-0.39, 0.29) is 17.6 Å². The van der Waals surface area contributed by atoms with E-state index in [0.717, 1.165) is 37.4 Å². The molecular formula is C20H24N4O2. The number of ether oxygens (including phenoxy) is 1. The maximum Gasteiger partial charge on any atom is 0.327 e. The lowest BCUT2D eigenvalue weighted by Gasteiger charge is -2.38. The number of aromatic nitrogens is 2. The van der Waals surface area contributed by atoms with E-state index in [0.29, 0.717) is 5.82 Å². The van der Waals surface area contributed by atoms with Crippen LogP contribution in [0.15, 0.2) is 30.3 Å². The highest BCUT2D eigenvalue weighted by Gasteiger charge is 2.48. The van der Waals surface area contributed by atoms with Gasteiger partial charge in [-0.05, 0) is 37.3 Å². The Hall–Kier alpha value is -2.34. The maximum absolute atomic E-state index is 13.0. The Morgan fingerprint density at radius 3 is 2.88 bits per heavy atom. The Morgan fingerprint density at radius 1 is 1.31 bits per heavy atom. The van der Waals surface area contributed by atoms with E-state index in [9.17, 15) is 4.79 Å². The van der Waals surface area contributed by atoms with Crippen LogP contribution in [-0.2, 0) is 17.2 Å². The third-order valence-electron chi connectivity index (χ3n) is 6.18. The highest BCUT2D eigenvalue weighted by atomic mass is 16.5. The number of para-hydroxylation sites is 1. The largest absolute Gasteiger partial charge is 0.372 e. The third kappa shape index (κ3) is 2.35. The molecule has 6 nitrogen and oxygen atoms in total. The van der Waals surface area contributed by atoms with Gasteiger partial charge in [-0.2, -0.15) is 5.10 Å². The minimum atomic E-state index is -0.0804. The summed E-state index contributed by atoms with van der Waals surface area (Å²) in [5.74, 6) is 0.715. The van der Waals surface area contributed by atoms with Crippen LogP contribution in [0.4, 0.5) is 16.3 Å². The quantitative estimate of drug-likeness (QED) is 0.895. The number of nitrogens with one attached hydrogen (secondary N) is 1. The first-order chi connectivity index (χ1) is 12.7. The van der Waals surface area contributed by atoms with Gasteiger partial charge in [0.15, 0.2) is 0 Å². The summed E-state index contributed by atoms with van der Waals surface area (Å²) in [6, 6.07) is 10.2. The van der Waals surface area contributed by atoms with Gasteiger partial charge in [-0.15, -0.1) is 0 Å². The van der Waals surface area contributed by atoms with Crippen molar-refractivity contribution in [3.63, 3.8) is 0 Å². The summed E-state index contributed by atoms with van der Waals surface area (Å²) < 4.78 is 7.44. The number of nitrogens with zero attached hydrogens (tertiary/aromatic N) is 3. The first-order valence-corrected chi connectivity index (χ1v) is 9.50. The molecular weight excluding hydrogens is 328 g/mol. The number of hydrogen-bond acceptors (Lipinski definition) is 3. The number of aryl methyl sites for hydroxylation is 1. The Balaban J connectivity index is 1.38. The topological polar surface area (TPSA) is 59.4 Å². The van der Waals surface area contributed by atoms with E-state index >= 15 is 0 Å². The summed E-state index contributed by atoms with van der Waals surface area (Å²) in [5, 5.41) is 7.59. The molecule has 0 bridgehead atoms. The first kappa shape index (κ1) is 15.9. The fourth-order valence-corrected chi connectivity index (χ4v) is 4.59. The standard InChI is InChI=1S/C20H24N4O2/c1-23-18(12-15(22-23)17-8-4-11-26-17)21-19(25)24-13-20(9-5-10-20)14-6-2-3-7-16(14)24/h2-3,6-7,12,17H,4-5,8-11,13H2,1H3,(H,21,25)/t17-/m0/s1. The molecule has 1 N–H and O–H groups in total. The molecule has 1 saturated heterocycles. The number of anilines is 2. The predicted molar refractivity (Wildman–Crippen MR) is 99.5 cm³/mol. The van der Waals surface area contributed by atoms with Gasteiger partial charge in [-0.25, -0.2) is 4.79 Å². The second-order valence-corrected chi connectivity index (χ2v) is 7.75. The highest BCUT2D eigenvalue weighted by molar-refractivity contribution is 6.03. The van der Waals surface area contributed by atoms with Crippen molar-refractivity contribution < 1.29 is 9.53 Å². The minimum Gasteiger partial charge on any atom is -0.372 e. The van der Waals surface area contributed by atoms with Gasteiger partial charge in [0.05, 0.1) is 5.69 Å². The van der Waals surface area contributed by atoms with Crippen molar-refractivity contribution in [3.8, 4) is 0 Å². The van der Waals surface area contributed by atoms with E-state index < -0.39 is 0 Å². The van der Waals surface area contributed by atoms with Crippen molar-refractivity contribution in [2.24, 2.45) is 7.05 Å². The summed E-state index contributed by atoms with van der Waals surface area (Å²) in [6.07, 6.45) is 5.70. The molecule has 26 heavy (non-hydrogen) atoms. The molecule has 2 aromatic rings. The Morgan fingerprint density at radius 2 is 2.15 bits per heavy atom. The first-order valence-electron chi connectivity index (χ1n) is 9.50. The molecule has 5 rings (SSSR count). The average molecular weight is 352 g/mol. The zero-order valence-electron chi connectivity index (χ0n) is 15.1. The maximum atomic E-state index is 13.0. The van der Waals surface area contributed by atoms with E-state index in [1.54, 1.807) is 4.68 Å². The van der Waals surface area contributed by atoms with Crippen LogP contribution in [0.3, 0.4) is 0 Å². The summed E-state index contributed by atoms with van der Waals surface area (Å²) in [6.45, 7) is 1.56. The molecule has 6 heteroatoms. The van der Waals surface area contributed by atoms with Gasteiger partial charge in [-0.1, -0.05) is 24.6 Å². The van der Waals surface area contributed by atoms with Crippen LogP contribution >= 0.6 is 0 Å². The van der Waals surface area contributed by atoms with Gasteiger partial charge in [-0.3, -0.25) is 14.9 Å². The van der Waals surface area contributed by atoms with Gasteiger partial charge in [0.2, 0.25) is 0 Å². The zero-order valence-corrected chi connectivity index (χ0v) is 15.1. The molecule has 2 amide bonds. The van der Waals surface area contributed by atoms with Gasteiger partial charge < -0.3 is 4.74 Å². The van der Waals surface area contributed by atoms with Gasteiger partial charge >= 0.3 is 6.03 Å². The molecule has 2 fully saturated rings. The number of amides is 2. The minimum absolute atomic E-state index is 0.0533. The SMILES string of the molecule is Cn1nc([C@@H]2CCCO2)cc1NC(=O)N1CC2(CCC2)c2ccccc21. The molecule has 1 saturated carbocycles. The number of fused-ring (bicyclic) bond motifs is 2. The lowest BCUT2D eigenvalue weighted by molar-refractivity contribution is 0.108.